The Hall–Kier alpha value is -1.09. The number of phenols is 1. The molecule has 0 aliphatic carbocycles. The van der Waals surface area contributed by atoms with Gasteiger partial charge in [-0.3, -0.25) is 0 Å². The first kappa shape index (κ1) is 8.01. The Morgan fingerprint density at radius 3 is 2.36 bits per heavy atom. The van der Waals surface area contributed by atoms with Crippen LogP contribution in [0.25, 0.3) is 0 Å². The lowest BCUT2D eigenvalue weighted by molar-refractivity contribution is 0.342. The maximum Gasteiger partial charge on any atom is 0.152 e. The summed E-state index contributed by atoms with van der Waals surface area (Å²) in [5.41, 5.74) is 5.72. The van der Waals surface area contributed by atoms with E-state index in [1.165, 1.54) is 12.1 Å². The molecule has 1 aromatic carbocycles. The molecule has 0 saturated carbocycles. The molecule has 2 nitrogen and oxygen atoms in total. The third-order valence-electron chi connectivity index (χ3n) is 1.37. The Kier molecular flexibility index (Phi) is 2.44. The second-order valence-corrected chi connectivity index (χ2v) is 2.39. The minimum atomic E-state index is -1.32. The summed E-state index contributed by atoms with van der Waals surface area (Å²) < 4.78 is 12.2. The van der Waals surface area contributed by atoms with Gasteiger partial charge < -0.3 is 10.8 Å². The largest absolute Gasteiger partial charge is 0.508 e. The molecule has 60 valence electrons. The molecule has 0 unspecified atom stereocenters. The number of alkyl halides is 1. The highest BCUT2D eigenvalue weighted by Crippen LogP contribution is 2.10. The lowest BCUT2D eigenvalue weighted by Gasteiger charge is -2.01. The van der Waals surface area contributed by atoms with Gasteiger partial charge in [0.2, 0.25) is 0 Å². The van der Waals surface area contributed by atoms with E-state index in [9.17, 15) is 4.39 Å². The highest BCUT2D eigenvalue weighted by molar-refractivity contribution is 5.26. The summed E-state index contributed by atoms with van der Waals surface area (Å²) in [6.07, 6.45) is -1.13. The predicted octanol–water partition coefficient (Wildman–Crippen LogP) is 1.19. The normalized spacial score (nSPS) is 12.9. The summed E-state index contributed by atoms with van der Waals surface area (Å²) in [6.45, 7) is 0. The summed E-state index contributed by atoms with van der Waals surface area (Å²) in [5.74, 6) is 0.182. The maximum atomic E-state index is 12.2. The Labute approximate surface area is 64.5 Å². The van der Waals surface area contributed by atoms with Crippen LogP contribution in [-0.4, -0.2) is 11.4 Å². The van der Waals surface area contributed by atoms with Crippen molar-refractivity contribution in [3.63, 3.8) is 0 Å². The van der Waals surface area contributed by atoms with Crippen LogP contribution in [0.5, 0.6) is 5.75 Å². The van der Waals surface area contributed by atoms with Gasteiger partial charge in [0, 0.05) is 6.42 Å². The Balaban J connectivity index is 2.66. The van der Waals surface area contributed by atoms with Crippen molar-refractivity contribution in [3.05, 3.63) is 29.8 Å². The fourth-order valence-electron chi connectivity index (χ4n) is 0.857. The van der Waals surface area contributed by atoms with Crippen molar-refractivity contribution < 1.29 is 9.50 Å². The van der Waals surface area contributed by atoms with Crippen LogP contribution in [0.2, 0.25) is 0 Å². The topological polar surface area (TPSA) is 46.2 Å². The quantitative estimate of drug-likeness (QED) is 0.630. The molecule has 1 atom stereocenters. The molecule has 11 heavy (non-hydrogen) atoms. The number of hydrogen-bond donors (Lipinski definition) is 2. The zero-order valence-electron chi connectivity index (χ0n) is 6.00. The molecule has 0 aliphatic heterocycles. The van der Waals surface area contributed by atoms with E-state index < -0.39 is 6.30 Å². The molecular weight excluding hydrogens is 145 g/mol. The second kappa shape index (κ2) is 3.34. The molecule has 1 aromatic rings. The predicted molar refractivity (Wildman–Crippen MR) is 40.9 cm³/mol. The first-order valence-corrected chi connectivity index (χ1v) is 3.36. The van der Waals surface area contributed by atoms with E-state index in [-0.39, 0.29) is 12.2 Å². The van der Waals surface area contributed by atoms with Crippen LogP contribution >= 0.6 is 0 Å². The molecule has 0 aromatic heterocycles. The second-order valence-electron chi connectivity index (χ2n) is 2.39. The molecular formula is C8H10FNO. The van der Waals surface area contributed by atoms with Crippen molar-refractivity contribution in [1.82, 2.24) is 0 Å². The van der Waals surface area contributed by atoms with Gasteiger partial charge in [0.15, 0.2) is 6.30 Å². The summed E-state index contributed by atoms with van der Waals surface area (Å²) >= 11 is 0. The number of halogens is 1. The van der Waals surface area contributed by atoms with Gasteiger partial charge in [0.05, 0.1) is 0 Å². The standard InChI is InChI=1S/C8H10FNO/c9-8(10)5-6-1-3-7(11)4-2-6/h1-4,8,11H,5,10H2/t8-/m1/s1. The minimum absolute atomic E-state index is 0.182. The van der Waals surface area contributed by atoms with Crippen molar-refractivity contribution >= 4 is 0 Å². The van der Waals surface area contributed by atoms with Gasteiger partial charge in [-0.15, -0.1) is 0 Å². The van der Waals surface area contributed by atoms with Gasteiger partial charge in [-0.2, -0.15) is 0 Å². The summed E-state index contributed by atoms with van der Waals surface area (Å²) in [7, 11) is 0. The van der Waals surface area contributed by atoms with Crippen LogP contribution in [0.4, 0.5) is 4.39 Å². The van der Waals surface area contributed by atoms with E-state index in [0.29, 0.717) is 0 Å². The lowest BCUT2D eigenvalue weighted by atomic mass is 10.1. The van der Waals surface area contributed by atoms with Crippen molar-refractivity contribution in [2.75, 3.05) is 0 Å². The van der Waals surface area contributed by atoms with Gasteiger partial charge in [0.25, 0.3) is 0 Å². The average molecular weight is 155 g/mol. The van der Waals surface area contributed by atoms with Gasteiger partial charge >= 0.3 is 0 Å². The fraction of sp³-hybridized carbons (Fsp3) is 0.250. The lowest BCUT2D eigenvalue weighted by Crippen LogP contribution is -2.15. The van der Waals surface area contributed by atoms with E-state index in [1.807, 2.05) is 0 Å². The number of phenolic OH excluding ortho intramolecular Hbond substituents is 1. The first-order chi connectivity index (χ1) is 5.18. The molecule has 0 heterocycles. The Morgan fingerprint density at radius 2 is 1.91 bits per heavy atom. The number of hydrogen-bond acceptors (Lipinski definition) is 2. The number of nitrogens with two attached hydrogens (primary N) is 1. The molecule has 3 N–H and O–H groups in total. The van der Waals surface area contributed by atoms with E-state index in [2.05, 4.69) is 0 Å². The van der Waals surface area contributed by atoms with Crippen molar-refractivity contribution in [2.24, 2.45) is 5.73 Å². The van der Waals surface area contributed by atoms with Crippen molar-refractivity contribution in [1.29, 1.82) is 0 Å². The van der Waals surface area contributed by atoms with Crippen molar-refractivity contribution in [2.45, 2.75) is 12.7 Å². The van der Waals surface area contributed by atoms with Crippen molar-refractivity contribution in [3.8, 4) is 5.75 Å². The molecule has 0 aliphatic rings. The maximum absolute atomic E-state index is 12.2. The average Bonchev–Trinajstić information content (AvgIpc) is 1.93. The van der Waals surface area contributed by atoms with Crippen LogP contribution in [-0.2, 0) is 6.42 Å². The van der Waals surface area contributed by atoms with Crippen LogP contribution in [0.3, 0.4) is 0 Å². The van der Waals surface area contributed by atoms with Gasteiger partial charge in [-0.1, -0.05) is 12.1 Å². The zero-order chi connectivity index (χ0) is 8.27. The molecule has 1 rings (SSSR count). The Morgan fingerprint density at radius 1 is 1.36 bits per heavy atom. The van der Waals surface area contributed by atoms with E-state index in [4.69, 9.17) is 10.8 Å². The van der Waals surface area contributed by atoms with Gasteiger partial charge in [0.1, 0.15) is 5.75 Å². The fourth-order valence-corrected chi connectivity index (χ4v) is 0.857. The molecule has 0 radical (unpaired) electrons. The number of aromatic hydroxyl groups is 1. The van der Waals surface area contributed by atoms with Crippen LogP contribution < -0.4 is 5.73 Å². The SMILES string of the molecule is N[C@@H](F)Cc1ccc(O)cc1. The van der Waals surface area contributed by atoms with E-state index in [0.717, 1.165) is 5.56 Å². The van der Waals surface area contributed by atoms with Crippen LogP contribution in [0.15, 0.2) is 24.3 Å². The molecule has 3 heteroatoms. The third-order valence-corrected chi connectivity index (χ3v) is 1.37. The zero-order valence-corrected chi connectivity index (χ0v) is 6.00. The summed E-state index contributed by atoms with van der Waals surface area (Å²) in [6, 6.07) is 6.32. The highest BCUT2D eigenvalue weighted by atomic mass is 19.1. The van der Waals surface area contributed by atoms with Gasteiger partial charge in [-0.05, 0) is 17.7 Å². The van der Waals surface area contributed by atoms with Crippen LogP contribution in [0.1, 0.15) is 5.56 Å². The summed E-state index contributed by atoms with van der Waals surface area (Å²) in [4.78, 5) is 0. The monoisotopic (exact) mass is 155 g/mol. The summed E-state index contributed by atoms with van der Waals surface area (Å²) in [5, 5.41) is 8.87. The molecule has 0 saturated heterocycles. The molecule has 0 spiro atoms. The highest BCUT2D eigenvalue weighted by Gasteiger charge is 1.99. The minimum Gasteiger partial charge on any atom is -0.508 e. The molecule has 0 fully saturated rings. The van der Waals surface area contributed by atoms with E-state index in [1.54, 1.807) is 12.1 Å². The first-order valence-electron chi connectivity index (χ1n) is 3.36. The smallest absolute Gasteiger partial charge is 0.152 e. The third kappa shape index (κ3) is 2.55. The molecule has 0 amide bonds. The number of benzene rings is 1. The number of rotatable bonds is 2. The van der Waals surface area contributed by atoms with E-state index >= 15 is 0 Å². The Bertz CT molecular complexity index is 220. The van der Waals surface area contributed by atoms with Gasteiger partial charge in [-0.25, -0.2) is 4.39 Å². The van der Waals surface area contributed by atoms with Crippen LogP contribution in [0, 0.1) is 0 Å². The molecule has 0 bridgehead atoms.